The van der Waals surface area contributed by atoms with Gasteiger partial charge in [-0.2, -0.15) is 0 Å². The van der Waals surface area contributed by atoms with Gasteiger partial charge in [-0.15, -0.1) is 0 Å². The van der Waals surface area contributed by atoms with Crippen molar-refractivity contribution in [1.29, 1.82) is 0 Å². The Morgan fingerprint density at radius 2 is 1.63 bits per heavy atom. The molecule has 2 N–H and O–H groups in total. The second-order valence-corrected chi connectivity index (χ2v) is 15.1. The van der Waals surface area contributed by atoms with E-state index in [0.29, 0.717) is 35.4 Å². The highest BCUT2D eigenvalue weighted by Gasteiger charge is 2.23. The van der Waals surface area contributed by atoms with Gasteiger partial charge in [0.2, 0.25) is 0 Å². The van der Waals surface area contributed by atoms with Crippen molar-refractivity contribution in [3.8, 4) is 11.3 Å². The van der Waals surface area contributed by atoms with Crippen molar-refractivity contribution in [2.75, 3.05) is 36.7 Å². The smallest absolute Gasteiger partial charge is 0.407 e. The predicted molar refractivity (Wildman–Crippen MR) is 166 cm³/mol. The maximum Gasteiger partial charge on any atom is 0.407 e. The van der Waals surface area contributed by atoms with Crippen LogP contribution in [0.2, 0.25) is 0 Å². The summed E-state index contributed by atoms with van der Waals surface area (Å²) in [6, 6.07) is 17.5. The van der Waals surface area contributed by atoms with E-state index in [4.69, 9.17) is 4.98 Å². The zero-order chi connectivity index (χ0) is 30.9. The van der Waals surface area contributed by atoms with Crippen LogP contribution in [-0.4, -0.2) is 73.8 Å². The molecule has 5 rings (SSSR count). The van der Waals surface area contributed by atoms with Crippen LogP contribution in [-0.2, 0) is 26.2 Å². The lowest BCUT2D eigenvalue weighted by Crippen LogP contribution is -2.36. The topological polar surface area (TPSA) is 156 Å². The fourth-order valence-electron chi connectivity index (χ4n) is 5.23. The van der Waals surface area contributed by atoms with Gasteiger partial charge in [-0.1, -0.05) is 24.3 Å². The molecule has 0 radical (unpaired) electrons. The van der Waals surface area contributed by atoms with Gasteiger partial charge in [0.1, 0.15) is 15.7 Å². The monoisotopic (exact) mass is 624 g/mol. The maximum absolute atomic E-state index is 13.6. The third-order valence-electron chi connectivity index (χ3n) is 7.65. The molecule has 43 heavy (non-hydrogen) atoms. The standard InChI is InChI=1S/C30H32N4O7S2/c1-42(38,39)18-17-33-14-13-23-19-26(22-5-9-25(10-6-22)43(2,40)41)32-28(27(23)29(33)35)31-24-7-3-20(4-8-24)21-11-15-34(16-12-21)30(36)37/h3-10,13-14,19,21H,11-12,15-18H2,1-2H3,(H,31,32)(H,36,37). The Morgan fingerprint density at radius 1 is 0.977 bits per heavy atom. The van der Waals surface area contributed by atoms with Crippen LogP contribution in [0, 0.1) is 0 Å². The minimum Gasteiger partial charge on any atom is -0.465 e. The lowest BCUT2D eigenvalue weighted by atomic mass is 9.89. The number of piperidine rings is 1. The minimum atomic E-state index is -3.38. The Morgan fingerprint density at radius 3 is 2.21 bits per heavy atom. The SMILES string of the molecule is CS(=O)(=O)CCn1ccc2cc(-c3ccc(S(C)(=O)=O)cc3)nc(Nc3ccc(C4CCN(C(=O)O)CC4)cc3)c2c1=O. The second-order valence-electron chi connectivity index (χ2n) is 10.9. The van der Waals surface area contributed by atoms with Crippen LogP contribution in [0.5, 0.6) is 0 Å². The van der Waals surface area contributed by atoms with Gasteiger partial charge in [0.05, 0.1) is 21.7 Å². The molecule has 11 nitrogen and oxygen atoms in total. The summed E-state index contributed by atoms with van der Waals surface area (Å²) in [6.07, 6.45) is 4.38. The van der Waals surface area contributed by atoms with Gasteiger partial charge in [-0.3, -0.25) is 4.79 Å². The molecule has 0 aliphatic carbocycles. The Labute approximate surface area is 249 Å². The number of carboxylic acid groups (broad SMARTS) is 1. The number of carbonyl (C=O) groups is 1. The number of fused-ring (bicyclic) bond motifs is 1. The predicted octanol–water partition coefficient (Wildman–Crippen LogP) is 4.11. The highest BCUT2D eigenvalue weighted by Crippen LogP contribution is 2.31. The number of likely N-dealkylation sites (tertiary alicyclic amines) is 1. The Bertz CT molecular complexity index is 1950. The van der Waals surface area contributed by atoms with Gasteiger partial charge in [-0.25, -0.2) is 26.6 Å². The highest BCUT2D eigenvalue weighted by molar-refractivity contribution is 7.91. The number of nitrogens with one attached hydrogen (secondary N) is 1. The summed E-state index contributed by atoms with van der Waals surface area (Å²) in [7, 11) is -6.67. The first-order valence-electron chi connectivity index (χ1n) is 13.7. The molecule has 2 aromatic heterocycles. The number of pyridine rings is 2. The maximum atomic E-state index is 13.6. The molecule has 226 valence electrons. The summed E-state index contributed by atoms with van der Waals surface area (Å²) in [4.78, 5) is 31.2. The van der Waals surface area contributed by atoms with Crippen molar-refractivity contribution in [2.24, 2.45) is 0 Å². The van der Waals surface area contributed by atoms with Crippen LogP contribution in [0.4, 0.5) is 16.3 Å². The first kappa shape index (κ1) is 30.2. The van der Waals surface area contributed by atoms with E-state index in [2.05, 4.69) is 5.32 Å². The van der Waals surface area contributed by atoms with Gasteiger partial charge in [0.15, 0.2) is 9.84 Å². The second kappa shape index (κ2) is 11.8. The molecule has 1 aliphatic rings. The molecule has 1 amide bonds. The van der Waals surface area contributed by atoms with Crippen molar-refractivity contribution >= 4 is 48.0 Å². The number of hydrogen-bond acceptors (Lipinski definition) is 8. The van der Waals surface area contributed by atoms with Gasteiger partial charge >= 0.3 is 6.09 Å². The molecule has 1 aliphatic heterocycles. The number of aromatic nitrogens is 2. The van der Waals surface area contributed by atoms with Gasteiger partial charge in [0, 0.05) is 49.6 Å². The molecule has 0 spiro atoms. The molecule has 0 unspecified atom stereocenters. The van der Waals surface area contributed by atoms with E-state index >= 15 is 0 Å². The third-order valence-corrected chi connectivity index (χ3v) is 9.70. The number of amides is 1. The minimum absolute atomic E-state index is 0.00283. The van der Waals surface area contributed by atoms with E-state index in [9.17, 15) is 31.5 Å². The molecular weight excluding hydrogens is 592 g/mol. The summed E-state index contributed by atoms with van der Waals surface area (Å²) in [5, 5.41) is 13.4. The molecule has 3 heterocycles. The fourth-order valence-corrected chi connectivity index (χ4v) is 6.39. The lowest BCUT2D eigenvalue weighted by molar-refractivity contribution is 0.132. The normalized spacial score (nSPS) is 14.6. The zero-order valence-corrected chi connectivity index (χ0v) is 25.4. The number of aryl methyl sites for hydroxylation is 1. The van der Waals surface area contributed by atoms with Gasteiger partial charge in [-0.05, 0) is 66.1 Å². The van der Waals surface area contributed by atoms with Crippen molar-refractivity contribution in [2.45, 2.75) is 30.2 Å². The number of nitrogens with zero attached hydrogens (tertiary/aromatic N) is 3. The molecule has 13 heteroatoms. The molecule has 0 saturated carbocycles. The first-order valence-corrected chi connectivity index (χ1v) is 17.6. The lowest BCUT2D eigenvalue weighted by Gasteiger charge is -2.30. The largest absolute Gasteiger partial charge is 0.465 e. The summed E-state index contributed by atoms with van der Waals surface area (Å²) >= 11 is 0. The van der Waals surface area contributed by atoms with Crippen LogP contribution in [0.1, 0.15) is 24.3 Å². The van der Waals surface area contributed by atoms with Crippen LogP contribution in [0.15, 0.2) is 76.6 Å². The Balaban J connectivity index is 1.51. The van der Waals surface area contributed by atoms with Crippen LogP contribution >= 0.6 is 0 Å². The molecular formula is C30H32N4O7S2. The van der Waals surface area contributed by atoms with Gasteiger partial charge < -0.3 is 19.9 Å². The fraction of sp³-hybridized carbons (Fsp3) is 0.300. The van der Waals surface area contributed by atoms with E-state index in [1.165, 1.54) is 21.6 Å². The van der Waals surface area contributed by atoms with E-state index in [-0.39, 0.29) is 34.3 Å². The summed E-state index contributed by atoms with van der Waals surface area (Å²) in [6.45, 7) is 0.968. The van der Waals surface area contributed by atoms with E-state index in [0.717, 1.165) is 30.9 Å². The highest BCUT2D eigenvalue weighted by atomic mass is 32.2. The number of hydrogen-bond donors (Lipinski definition) is 2. The van der Waals surface area contributed by atoms with Crippen molar-refractivity contribution in [1.82, 2.24) is 14.5 Å². The number of benzene rings is 2. The number of anilines is 2. The van der Waals surface area contributed by atoms with Crippen molar-refractivity contribution in [3.05, 3.63) is 82.8 Å². The quantitative estimate of drug-likeness (QED) is 0.295. The van der Waals surface area contributed by atoms with Crippen molar-refractivity contribution < 1.29 is 26.7 Å². The summed E-state index contributed by atoms with van der Waals surface area (Å²) in [5.41, 5.74) is 2.55. The molecule has 1 fully saturated rings. The molecule has 4 aromatic rings. The first-order chi connectivity index (χ1) is 20.3. The van der Waals surface area contributed by atoms with Gasteiger partial charge in [0.25, 0.3) is 5.56 Å². The average molecular weight is 625 g/mol. The number of rotatable bonds is 8. The summed E-state index contributed by atoms with van der Waals surface area (Å²) in [5.74, 6) is 0.330. The molecule has 1 saturated heterocycles. The average Bonchev–Trinajstić information content (AvgIpc) is 2.96. The van der Waals surface area contributed by atoms with Crippen molar-refractivity contribution in [3.63, 3.8) is 0 Å². The molecule has 0 atom stereocenters. The van der Waals surface area contributed by atoms with Crippen LogP contribution in [0.3, 0.4) is 0 Å². The van der Waals surface area contributed by atoms with E-state index < -0.39 is 31.3 Å². The van der Waals surface area contributed by atoms with Crippen LogP contribution < -0.4 is 10.9 Å². The van der Waals surface area contributed by atoms with E-state index in [1.807, 2.05) is 24.3 Å². The Hall–Kier alpha value is -4.23. The van der Waals surface area contributed by atoms with E-state index in [1.54, 1.807) is 30.5 Å². The third kappa shape index (κ3) is 7.05. The summed E-state index contributed by atoms with van der Waals surface area (Å²) < 4.78 is 48.7. The Kier molecular flexibility index (Phi) is 8.30. The number of sulfone groups is 2. The zero-order valence-electron chi connectivity index (χ0n) is 23.7. The molecule has 0 bridgehead atoms. The molecule has 2 aromatic carbocycles. The van der Waals surface area contributed by atoms with Crippen LogP contribution in [0.25, 0.3) is 22.0 Å².